The Hall–Kier alpha value is -1.45. The average Bonchev–Trinajstić information content (AvgIpc) is 2.87. The standard InChI is InChI=1S/C12H16N2O2/c1-2-5-14-8-13-7-11(14)12(16)9-3-4-10(15)6-9/h7-9H,2-6H2,1H3. The van der Waals surface area contributed by atoms with Crippen LogP contribution < -0.4 is 0 Å². The summed E-state index contributed by atoms with van der Waals surface area (Å²) in [7, 11) is 0. The van der Waals surface area contributed by atoms with E-state index >= 15 is 0 Å². The van der Waals surface area contributed by atoms with E-state index in [4.69, 9.17) is 0 Å². The molecule has 0 radical (unpaired) electrons. The van der Waals surface area contributed by atoms with Gasteiger partial charge in [-0.25, -0.2) is 4.98 Å². The van der Waals surface area contributed by atoms with Crippen LogP contribution in [0.4, 0.5) is 0 Å². The lowest BCUT2D eigenvalue weighted by molar-refractivity contribution is -0.117. The lowest BCUT2D eigenvalue weighted by Crippen LogP contribution is -2.16. The Morgan fingerprint density at radius 2 is 2.44 bits per heavy atom. The molecule has 1 heterocycles. The number of carbonyl (C=O) groups is 2. The van der Waals surface area contributed by atoms with Gasteiger partial charge < -0.3 is 4.57 Å². The highest BCUT2D eigenvalue weighted by Gasteiger charge is 2.30. The fourth-order valence-corrected chi connectivity index (χ4v) is 2.19. The lowest BCUT2D eigenvalue weighted by Gasteiger charge is -2.09. The molecule has 86 valence electrons. The summed E-state index contributed by atoms with van der Waals surface area (Å²) < 4.78 is 1.88. The number of Topliss-reactive ketones (excluding diaryl/α,β-unsaturated/α-hetero) is 2. The van der Waals surface area contributed by atoms with E-state index < -0.39 is 0 Å². The largest absolute Gasteiger partial charge is 0.328 e. The quantitative estimate of drug-likeness (QED) is 0.727. The summed E-state index contributed by atoms with van der Waals surface area (Å²) in [4.78, 5) is 27.3. The first kappa shape index (κ1) is 11.0. The molecular weight excluding hydrogens is 204 g/mol. The van der Waals surface area contributed by atoms with Crippen molar-refractivity contribution in [2.75, 3.05) is 0 Å². The van der Waals surface area contributed by atoms with Crippen molar-refractivity contribution < 1.29 is 9.59 Å². The molecular formula is C12H16N2O2. The van der Waals surface area contributed by atoms with Crippen LogP contribution in [0.2, 0.25) is 0 Å². The number of carbonyl (C=O) groups excluding carboxylic acids is 2. The second-order valence-electron chi connectivity index (χ2n) is 4.31. The van der Waals surface area contributed by atoms with Crippen molar-refractivity contribution in [1.29, 1.82) is 0 Å². The van der Waals surface area contributed by atoms with Gasteiger partial charge in [0.05, 0.1) is 12.5 Å². The van der Waals surface area contributed by atoms with Crippen molar-refractivity contribution in [3.05, 3.63) is 18.2 Å². The minimum absolute atomic E-state index is 0.0804. The molecule has 0 amide bonds. The van der Waals surface area contributed by atoms with Gasteiger partial charge in [0.25, 0.3) is 0 Å². The fourth-order valence-electron chi connectivity index (χ4n) is 2.19. The molecule has 1 saturated carbocycles. The molecule has 0 saturated heterocycles. The highest BCUT2D eigenvalue weighted by atomic mass is 16.1. The summed E-state index contributed by atoms with van der Waals surface area (Å²) in [5, 5.41) is 0. The predicted octanol–water partition coefficient (Wildman–Crippen LogP) is 1.84. The molecule has 0 bridgehead atoms. The van der Waals surface area contributed by atoms with Gasteiger partial charge in [-0.15, -0.1) is 0 Å². The molecule has 2 rings (SSSR count). The van der Waals surface area contributed by atoms with Crippen LogP contribution in [-0.2, 0) is 11.3 Å². The number of rotatable bonds is 4. The van der Waals surface area contributed by atoms with Gasteiger partial charge in [-0.3, -0.25) is 9.59 Å². The van der Waals surface area contributed by atoms with E-state index in [1.165, 1.54) is 0 Å². The highest BCUT2D eigenvalue weighted by molar-refractivity contribution is 6.00. The lowest BCUT2D eigenvalue weighted by atomic mass is 10.0. The van der Waals surface area contributed by atoms with E-state index in [1.807, 2.05) is 4.57 Å². The minimum atomic E-state index is -0.111. The SMILES string of the molecule is CCCn1cncc1C(=O)C1CCC(=O)C1. The van der Waals surface area contributed by atoms with E-state index in [-0.39, 0.29) is 17.5 Å². The molecule has 1 unspecified atom stereocenters. The van der Waals surface area contributed by atoms with Gasteiger partial charge in [-0.1, -0.05) is 6.92 Å². The molecule has 1 aromatic rings. The van der Waals surface area contributed by atoms with Crippen LogP contribution in [0.5, 0.6) is 0 Å². The summed E-state index contributed by atoms with van der Waals surface area (Å²) in [5.74, 6) is 0.177. The first-order chi connectivity index (χ1) is 7.72. The van der Waals surface area contributed by atoms with Crippen molar-refractivity contribution in [2.24, 2.45) is 5.92 Å². The molecule has 0 aromatic carbocycles. The van der Waals surface area contributed by atoms with E-state index in [9.17, 15) is 9.59 Å². The zero-order chi connectivity index (χ0) is 11.5. The summed E-state index contributed by atoms with van der Waals surface area (Å²) in [6.07, 6.45) is 5.94. The molecule has 0 aliphatic heterocycles. The predicted molar refractivity (Wildman–Crippen MR) is 59.2 cm³/mol. The molecule has 1 aromatic heterocycles. The van der Waals surface area contributed by atoms with Gasteiger partial charge in [0.1, 0.15) is 11.5 Å². The van der Waals surface area contributed by atoms with Crippen molar-refractivity contribution >= 4 is 11.6 Å². The fraction of sp³-hybridized carbons (Fsp3) is 0.583. The number of aryl methyl sites for hydroxylation is 1. The summed E-state index contributed by atoms with van der Waals surface area (Å²) >= 11 is 0. The monoisotopic (exact) mass is 220 g/mol. The van der Waals surface area contributed by atoms with Gasteiger partial charge in [0.15, 0.2) is 5.78 Å². The average molecular weight is 220 g/mol. The molecule has 1 atom stereocenters. The Labute approximate surface area is 94.7 Å². The van der Waals surface area contributed by atoms with Gasteiger partial charge in [-0.2, -0.15) is 0 Å². The zero-order valence-electron chi connectivity index (χ0n) is 9.48. The molecule has 0 N–H and O–H groups in total. The van der Waals surface area contributed by atoms with Crippen LogP contribution in [0.25, 0.3) is 0 Å². The van der Waals surface area contributed by atoms with Crippen molar-refractivity contribution in [1.82, 2.24) is 9.55 Å². The van der Waals surface area contributed by atoms with E-state index in [2.05, 4.69) is 11.9 Å². The van der Waals surface area contributed by atoms with Crippen LogP contribution in [-0.4, -0.2) is 21.1 Å². The third-order valence-corrected chi connectivity index (χ3v) is 3.05. The van der Waals surface area contributed by atoms with Gasteiger partial charge in [0.2, 0.25) is 0 Å². The van der Waals surface area contributed by atoms with Crippen LogP contribution in [0.1, 0.15) is 43.1 Å². The molecule has 0 spiro atoms. The van der Waals surface area contributed by atoms with Gasteiger partial charge in [0, 0.05) is 25.3 Å². The highest BCUT2D eigenvalue weighted by Crippen LogP contribution is 2.25. The van der Waals surface area contributed by atoms with Crippen molar-refractivity contribution in [3.63, 3.8) is 0 Å². The molecule has 1 aliphatic carbocycles. The molecule has 4 heteroatoms. The zero-order valence-corrected chi connectivity index (χ0v) is 9.48. The van der Waals surface area contributed by atoms with Crippen LogP contribution >= 0.6 is 0 Å². The Balaban J connectivity index is 2.14. The van der Waals surface area contributed by atoms with E-state index in [1.54, 1.807) is 12.5 Å². The number of nitrogens with zero attached hydrogens (tertiary/aromatic N) is 2. The molecule has 4 nitrogen and oxygen atoms in total. The third kappa shape index (κ3) is 2.05. The topological polar surface area (TPSA) is 52.0 Å². The maximum absolute atomic E-state index is 12.1. The Kier molecular flexibility index (Phi) is 3.17. The molecule has 16 heavy (non-hydrogen) atoms. The Morgan fingerprint density at radius 1 is 1.62 bits per heavy atom. The maximum atomic E-state index is 12.1. The van der Waals surface area contributed by atoms with Gasteiger partial charge in [-0.05, 0) is 12.8 Å². The normalized spacial score (nSPS) is 20.3. The smallest absolute Gasteiger partial charge is 0.184 e. The number of imidazole rings is 1. The minimum Gasteiger partial charge on any atom is -0.328 e. The molecule has 1 aliphatic rings. The Morgan fingerprint density at radius 3 is 3.06 bits per heavy atom. The summed E-state index contributed by atoms with van der Waals surface area (Å²) in [5.41, 5.74) is 0.654. The second kappa shape index (κ2) is 4.60. The first-order valence-electron chi connectivity index (χ1n) is 5.78. The number of ketones is 2. The van der Waals surface area contributed by atoms with E-state index in [0.29, 0.717) is 25.0 Å². The Bertz CT molecular complexity index is 409. The van der Waals surface area contributed by atoms with Crippen molar-refractivity contribution in [2.45, 2.75) is 39.2 Å². The molecule has 1 fully saturated rings. The third-order valence-electron chi connectivity index (χ3n) is 3.05. The second-order valence-corrected chi connectivity index (χ2v) is 4.31. The maximum Gasteiger partial charge on any atom is 0.184 e. The summed E-state index contributed by atoms with van der Waals surface area (Å²) in [6, 6.07) is 0. The van der Waals surface area contributed by atoms with E-state index in [0.717, 1.165) is 13.0 Å². The van der Waals surface area contributed by atoms with Crippen LogP contribution in [0.3, 0.4) is 0 Å². The summed E-state index contributed by atoms with van der Waals surface area (Å²) in [6.45, 7) is 2.87. The number of aromatic nitrogens is 2. The van der Waals surface area contributed by atoms with Crippen LogP contribution in [0.15, 0.2) is 12.5 Å². The van der Waals surface area contributed by atoms with Crippen molar-refractivity contribution in [3.8, 4) is 0 Å². The first-order valence-corrected chi connectivity index (χ1v) is 5.78. The van der Waals surface area contributed by atoms with Crippen LogP contribution in [0, 0.1) is 5.92 Å². The number of hydrogen-bond donors (Lipinski definition) is 0. The number of hydrogen-bond acceptors (Lipinski definition) is 3. The van der Waals surface area contributed by atoms with Gasteiger partial charge >= 0.3 is 0 Å².